The van der Waals surface area contributed by atoms with E-state index < -0.39 is 0 Å². The first-order valence-corrected chi connectivity index (χ1v) is 11.5. The zero-order chi connectivity index (χ0) is 22.6. The smallest absolute Gasteiger partial charge is 0.251 e. The lowest BCUT2D eigenvalue weighted by molar-refractivity contribution is 0.0930. The van der Waals surface area contributed by atoms with Crippen molar-refractivity contribution in [1.29, 1.82) is 0 Å². The molecule has 3 aromatic carbocycles. The lowest BCUT2D eigenvalue weighted by atomic mass is 10.0. The summed E-state index contributed by atoms with van der Waals surface area (Å²) < 4.78 is 11.1. The predicted octanol–water partition coefficient (Wildman–Crippen LogP) is 4.02. The number of benzene rings is 3. The number of piperazine rings is 1. The summed E-state index contributed by atoms with van der Waals surface area (Å²) in [6.07, 6.45) is 0. The number of anilines is 1. The number of nitrogens with zero attached hydrogens (tertiary/aromatic N) is 2. The van der Waals surface area contributed by atoms with E-state index in [1.54, 1.807) is 0 Å². The van der Waals surface area contributed by atoms with E-state index in [1.807, 2.05) is 43.3 Å². The largest absolute Gasteiger partial charge is 0.454 e. The molecule has 1 saturated heterocycles. The number of carbonyl (C=O) groups is 1. The summed E-state index contributed by atoms with van der Waals surface area (Å²) in [5, 5.41) is 3.16. The zero-order valence-corrected chi connectivity index (χ0v) is 18.9. The second-order valence-electron chi connectivity index (χ2n) is 8.56. The van der Waals surface area contributed by atoms with Crippen molar-refractivity contribution in [2.75, 3.05) is 44.4 Å². The fraction of sp³-hybridized carbons (Fsp3) is 0.296. The molecule has 0 aromatic heterocycles. The van der Waals surface area contributed by atoms with Crippen LogP contribution in [-0.2, 0) is 0 Å². The van der Waals surface area contributed by atoms with Gasteiger partial charge in [0.05, 0.1) is 6.04 Å². The van der Waals surface area contributed by atoms with E-state index in [0.29, 0.717) is 12.1 Å². The van der Waals surface area contributed by atoms with E-state index in [0.717, 1.165) is 48.8 Å². The van der Waals surface area contributed by atoms with Crippen molar-refractivity contribution in [1.82, 2.24) is 10.2 Å². The van der Waals surface area contributed by atoms with Crippen LogP contribution in [0.4, 0.5) is 5.69 Å². The van der Waals surface area contributed by atoms with Crippen molar-refractivity contribution in [3.05, 3.63) is 89.5 Å². The summed E-state index contributed by atoms with van der Waals surface area (Å²) in [5.41, 5.74) is 4.20. The highest BCUT2D eigenvalue weighted by Crippen LogP contribution is 2.35. The minimum Gasteiger partial charge on any atom is -0.454 e. The molecule has 5 rings (SSSR count). The molecule has 1 N–H and O–H groups in total. The minimum atomic E-state index is -0.0522. The van der Waals surface area contributed by atoms with Crippen LogP contribution in [0.15, 0.2) is 72.8 Å². The molecule has 2 aliphatic heterocycles. The first-order chi connectivity index (χ1) is 16.2. The number of hydrogen-bond donors (Lipinski definition) is 1. The Morgan fingerprint density at radius 3 is 2.39 bits per heavy atom. The Morgan fingerprint density at radius 2 is 1.64 bits per heavy atom. The minimum absolute atomic E-state index is 0.0480. The molecule has 1 fully saturated rings. The van der Waals surface area contributed by atoms with Gasteiger partial charge >= 0.3 is 0 Å². The molecule has 3 aromatic rings. The second-order valence-corrected chi connectivity index (χ2v) is 8.56. The lowest BCUT2D eigenvalue weighted by Gasteiger charge is -2.40. The van der Waals surface area contributed by atoms with Gasteiger partial charge in [-0.15, -0.1) is 0 Å². The van der Waals surface area contributed by atoms with Gasteiger partial charge in [-0.05, 0) is 48.9 Å². The molecule has 33 heavy (non-hydrogen) atoms. The summed E-state index contributed by atoms with van der Waals surface area (Å²) in [7, 11) is 0. The van der Waals surface area contributed by atoms with E-state index >= 15 is 0 Å². The Balaban J connectivity index is 1.32. The van der Waals surface area contributed by atoms with Gasteiger partial charge in [-0.3, -0.25) is 9.69 Å². The van der Waals surface area contributed by atoms with Crippen LogP contribution < -0.4 is 19.7 Å². The second kappa shape index (κ2) is 9.55. The van der Waals surface area contributed by atoms with Gasteiger partial charge in [0.1, 0.15) is 0 Å². The molecule has 0 saturated carbocycles. The maximum absolute atomic E-state index is 12.8. The Labute approximate surface area is 194 Å². The third-order valence-electron chi connectivity index (χ3n) is 6.43. The normalized spacial score (nSPS) is 16.5. The molecule has 1 atom stereocenters. The van der Waals surface area contributed by atoms with Crippen LogP contribution in [0.1, 0.15) is 27.5 Å². The standard InChI is InChI=1S/C27H29N3O3/c1-20-7-9-21(10-8-20)27(31)28-18-24(22-11-12-25-26(17-22)33-19-32-25)30-15-13-29(14-16-30)23-5-3-2-4-6-23/h2-12,17,24H,13-16,18-19H2,1H3,(H,28,31). The van der Waals surface area contributed by atoms with E-state index in [4.69, 9.17) is 9.47 Å². The highest BCUT2D eigenvalue weighted by Gasteiger charge is 2.27. The van der Waals surface area contributed by atoms with Gasteiger partial charge in [0.15, 0.2) is 11.5 Å². The number of carbonyl (C=O) groups excluding carboxylic acids is 1. The van der Waals surface area contributed by atoms with Gasteiger partial charge in [-0.2, -0.15) is 0 Å². The van der Waals surface area contributed by atoms with E-state index in [9.17, 15) is 4.79 Å². The fourth-order valence-electron chi connectivity index (χ4n) is 4.51. The molecular weight excluding hydrogens is 414 g/mol. The van der Waals surface area contributed by atoms with Crippen molar-refractivity contribution in [3.63, 3.8) is 0 Å². The molecule has 6 nitrogen and oxygen atoms in total. The summed E-state index contributed by atoms with van der Waals surface area (Å²) >= 11 is 0. The SMILES string of the molecule is Cc1ccc(C(=O)NCC(c2ccc3c(c2)OCO3)N2CCN(c3ccccc3)CC2)cc1. The number of fused-ring (bicyclic) bond motifs is 1. The maximum Gasteiger partial charge on any atom is 0.251 e. The van der Waals surface area contributed by atoms with Crippen molar-refractivity contribution < 1.29 is 14.3 Å². The van der Waals surface area contributed by atoms with Gasteiger partial charge < -0.3 is 19.7 Å². The number of para-hydroxylation sites is 1. The van der Waals surface area contributed by atoms with Crippen molar-refractivity contribution in [3.8, 4) is 11.5 Å². The van der Waals surface area contributed by atoms with E-state index in [1.165, 1.54) is 5.69 Å². The number of hydrogen-bond acceptors (Lipinski definition) is 5. The average molecular weight is 444 g/mol. The predicted molar refractivity (Wildman–Crippen MR) is 129 cm³/mol. The van der Waals surface area contributed by atoms with Crippen LogP contribution in [-0.4, -0.2) is 50.3 Å². The van der Waals surface area contributed by atoms with Gasteiger partial charge in [-0.1, -0.05) is 42.0 Å². The number of rotatable bonds is 6. The summed E-state index contributed by atoms with van der Waals surface area (Å²) in [4.78, 5) is 17.7. The Hall–Kier alpha value is -3.51. The van der Waals surface area contributed by atoms with Gasteiger partial charge in [0, 0.05) is 44.0 Å². The zero-order valence-electron chi connectivity index (χ0n) is 18.9. The summed E-state index contributed by atoms with van der Waals surface area (Å²) in [5.74, 6) is 1.49. The lowest BCUT2D eigenvalue weighted by Crippen LogP contribution is -2.50. The highest BCUT2D eigenvalue weighted by atomic mass is 16.7. The quantitative estimate of drug-likeness (QED) is 0.624. The van der Waals surface area contributed by atoms with Gasteiger partial charge in [0.25, 0.3) is 5.91 Å². The molecule has 0 aliphatic carbocycles. The topological polar surface area (TPSA) is 54.0 Å². The molecule has 2 aliphatic rings. The molecule has 1 amide bonds. The Morgan fingerprint density at radius 1 is 0.909 bits per heavy atom. The Kier molecular flexibility index (Phi) is 6.17. The van der Waals surface area contributed by atoms with E-state index in [2.05, 4.69) is 51.5 Å². The van der Waals surface area contributed by atoms with Crippen LogP contribution in [0.2, 0.25) is 0 Å². The van der Waals surface area contributed by atoms with Crippen molar-refractivity contribution in [2.24, 2.45) is 0 Å². The molecule has 0 bridgehead atoms. The van der Waals surface area contributed by atoms with Crippen molar-refractivity contribution >= 4 is 11.6 Å². The van der Waals surface area contributed by atoms with Crippen LogP contribution in [0.5, 0.6) is 11.5 Å². The number of amides is 1. The number of nitrogens with one attached hydrogen (secondary N) is 1. The average Bonchev–Trinajstić information content (AvgIpc) is 3.33. The molecule has 2 heterocycles. The third kappa shape index (κ3) is 4.81. The van der Waals surface area contributed by atoms with Gasteiger partial charge in [-0.25, -0.2) is 0 Å². The number of ether oxygens (including phenoxy) is 2. The van der Waals surface area contributed by atoms with Crippen molar-refractivity contribution in [2.45, 2.75) is 13.0 Å². The highest BCUT2D eigenvalue weighted by molar-refractivity contribution is 5.94. The van der Waals surface area contributed by atoms with E-state index in [-0.39, 0.29) is 18.7 Å². The van der Waals surface area contributed by atoms with Crippen LogP contribution in [0.3, 0.4) is 0 Å². The maximum atomic E-state index is 12.8. The third-order valence-corrected chi connectivity index (χ3v) is 6.43. The van der Waals surface area contributed by atoms with Crippen LogP contribution >= 0.6 is 0 Å². The molecule has 0 radical (unpaired) electrons. The Bertz CT molecular complexity index is 1090. The monoisotopic (exact) mass is 443 g/mol. The van der Waals surface area contributed by atoms with Crippen LogP contribution in [0, 0.1) is 6.92 Å². The molecule has 1 unspecified atom stereocenters. The summed E-state index contributed by atoms with van der Waals surface area (Å²) in [6.45, 7) is 6.50. The molecule has 0 spiro atoms. The first kappa shape index (κ1) is 21.3. The summed E-state index contributed by atoms with van der Waals surface area (Å²) in [6, 6.07) is 24.4. The van der Waals surface area contributed by atoms with Gasteiger partial charge in [0.2, 0.25) is 6.79 Å². The molecular formula is C27H29N3O3. The van der Waals surface area contributed by atoms with Crippen LogP contribution in [0.25, 0.3) is 0 Å². The fourth-order valence-corrected chi connectivity index (χ4v) is 4.51. The first-order valence-electron chi connectivity index (χ1n) is 11.5. The molecule has 170 valence electrons. The molecule has 6 heteroatoms. The number of aryl methyl sites for hydroxylation is 1.